The number of rotatable bonds is 9. The maximum atomic E-state index is 14.2. The zero-order valence-electron chi connectivity index (χ0n) is 23.9. The minimum Gasteiger partial charge on any atom is -0.367 e. The molecule has 1 aliphatic rings. The van der Waals surface area contributed by atoms with Crippen LogP contribution in [0.3, 0.4) is 0 Å². The first kappa shape index (κ1) is 27.9. The number of anilines is 1. The quantitative estimate of drug-likeness (QED) is 0.215. The number of hydrogen-bond acceptors (Lipinski definition) is 5. The molecule has 5 rings (SSSR count). The van der Waals surface area contributed by atoms with Gasteiger partial charge in [-0.05, 0) is 49.9 Å². The van der Waals surface area contributed by atoms with Crippen LogP contribution in [0.5, 0.6) is 0 Å². The Morgan fingerprint density at radius 2 is 1.65 bits per heavy atom. The van der Waals surface area contributed by atoms with Gasteiger partial charge in [-0.1, -0.05) is 62.1 Å². The van der Waals surface area contributed by atoms with Crippen molar-refractivity contribution in [3.8, 4) is 22.4 Å². The summed E-state index contributed by atoms with van der Waals surface area (Å²) in [5, 5.41) is 4.98. The first-order valence-electron chi connectivity index (χ1n) is 14.1. The number of carbonyl (C=O) groups is 1. The van der Waals surface area contributed by atoms with Gasteiger partial charge >= 0.3 is 0 Å². The van der Waals surface area contributed by atoms with Gasteiger partial charge in [-0.3, -0.25) is 9.59 Å². The average Bonchev–Trinajstić information content (AvgIpc) is 3.34. The number of piperidine rings is 1. The highest BCUT2D eigenvalue weighted by molar-refractivity contribution is 6.76. The van der Waals surface area contributed by atoms with Crippen LogP contribution in [0.15, 0.2) is 59.4 Å². The Labute approximate surface area is 236 Å². The number of aromatic nitrogens is 3. The van der Waals surface area contributed by atoms with Gasteiger partial charge in [-0.25, -0.2) is 0 Å². The van der Waals surface area contributed by atoms with Gasteiger partial charge in [0.25, 0.3) is 5.56 Å². The van der Waals surface area contributed by atoms with Gasteiger partial charge in [-0.2, -0.15) is 9.61 Å². The monoisotopic (exact) mass is 557 g/mol. The summed E-state index contributed by atoms with van der Waals surface area (Å²) in [6, 6.07) is 18.0. The Bertz CT molecular complexity index is 1560. The Morgan fingerprint density at radius 1 is 0.975 bits per heavy atom. The van der Waals surface area contributed by atoms with E-state index in [2.05, 4.69) is 29.1 Å². The van der Waals surface area contributed by atoms with Gasteiger partial charge in [0.05, 0.1) is 5.56 Å². The van der Waals surface area contributed by atoms with E-state index in [1.54, 1.807) is 28.8 Å². The number of carbonyl (C=O) groups excluding carboxylic acids is 1. The van der Waals surface area contributed by atoms with E-state index in [0.29, 0.717) is 30.0 Å². The van der Waals surface area contributed by atoms with E-state index in [9.17, 15) is 9.59 Å². The summed E-state index contributed by atoms with van der Waals surface area (Å²) in [5.41, 5.74) is 11.2. The third-order valence-corrected chi connectivity index (χ3v) is 9.36. The molecule has 0 saturated carbocycles. The van der Waals surface area contributed by atoms with Crippen LogP contribution in [0.1, 0.15) is 35.3 Å². The summed E-state index contributed by atoms with van der Waals surface area (Å²) in [6.07, 6.45) is 3.41. The van der Waals surface area contributed by atoms with E-state index in [0.717, 1.165) is 60.3 Å². The lowest BCUT2D eigenvalue weighted by Crippen LogP contribution is -2.31. The van der Waals surface area contributed by atoms with Crippen molar-refractivity contribution >= 4 is 25.3 Å². The van der Waals surface area contributed by atoms with Crippen molar-refractivity contribution in [1.82, 2.24) is 14.2 Å². The van der Waals surface area contributed by atoms with Gasteiger partial charge in [0.15, 0.2) is 5.65 Å². The van der Waals surface area contributed by atoms with Crippen molar-refractivity contribution < 1.29 is 9.53 Å². The van der Waals surface area contributed by atoms with Crippen LogP contribution in [-0.2, 0) is 11.5 Å². The van der Waals surface area contributed by atoms with Crippen molar-refractivity contribution in [2.75, 3.05) is 24.6 Å². The SMILES string of the molecule is Cc1c(-c2ccc(C(N)=O)cc2)c(=O)n2nc(-c3ccccc3)c(N3CCCCC3)c2n1COCC[Si](C)(C)C. The maximum absolute atomic E-state index is 14.2. The second-order valence-electron chi connectivity index (χ2n) is 11.8. The molecule has 1 amide bonds. The van der Waals surface area contributed by atoms with E-state index >= 15 is 0 Å². The summed E-state index contributed by atoms with van der Waals surface area (Å²) in [5.74, 6) is -0.502. The fourth-order valence-electron chi connectivity index (χ4n) is 5.36. The Hall–Kier alpha value is -3.69. The van der Waals surface area contributed by atoms with Crippen LogP contribution in [0, 0.1) is 6.92 Å². The minimum absolute atomic E-state index is 0.196. The highest BCUT2D eigenvalue weighted by Crippen LogP contribution is 2.37. The van der Waals surface area contributed by atoms with Crippen molar-refractivity contribution in [2.45, 2.75) is 58.6 Å². The molecule has 0 atom stereocenters. The largest absolute Gasteiger partial charge is 0.367 e. The van der Waals surface area contributed by atoms with Gasteiger partial charge < -0.3 is 19.9 Å². The lowest BCUT2D eigenvalue weighted by atomic mass is 10.0. The van der Waals surface area contributed by atoms with Crippen LogP contribution in [0.4, 0.5) is 5.69 Å². The average molecular weight is 558 g/mol. The van der Waals surface area contributed by atoms with Crippen molar-refractivity contribution in [2.24, 2.45) is 5.73 Å². The molecular formula is C31H39N5O3Si. The number of amides is 1. The smallest absolute Gasteiger partial charge is 0.282 e. The van der Waals surface area contributed by atoms with Crippen LogP contribution in [0.2, 0.25) is 25.7 Å². The van der Waals surface area contributed by atoms with Crippen LogP contribution >= 0.6 is 0 Å². The van der Waals surface area contributed by atoms with E-state index in [1.165, 1.54) is 6.42 Å². The van der Waals surface area contributed by atoms with Crippen LogP contribution < -0.4 is 16.2 Å². The van der Waals surface area contributed by atoms with E-state index in [4.69, 9.17) is 15.6 Å². The van der Waals surface area contributed by atoms with Crippen molar-refractivity contribution in [1.29, 1.82) is 0 Å². The molecule has 1 fully saturated rings. The molecule has 4 aromatic rings. The molecule has 0 spiro atoms. The lowest BCUT2D eigenvalue weighted by molar-refractivity contribution is 0.0878. The van der Waals surface area contributed by atoms with E-state index in [1.807, 2.05) is 37.3 Å². The van der Waals surface area contributed by atoms with Crippen LogP contribution in [-0.4, -0.2) is 47.9 Å². The molecule has 0 aliphatic carbocycles. The minimum atomic E-state index is -1.28. The third-order valence-electron chi connectivity index (χ3n) is 7.66. The molecular weight excluding hydrogens is 518 g/mol. The second-order valence-corrected chi connectivity index (χ2v) is 17.5. The summed E-state index contributed by atoms with van der Waals surface area (Å²) in [7, 11) is -1.28. The Balaban J connectivity index is 1.75. The number of nitrogens with two attached hydrogens (primary N) is 1. The first-order valence-corrected chi connectivity index (χ1v) is 17.8. The van der Waals surface area contributed by atoms with Gasteiger partial charge in [0, 0.05) is 44.6 Å². The molecule has 0 bridgehead atoms. The normalized spacial score (nSPS) is 14.2. The number of fused-ring (bicyclic) bond motifs is 1. The highest BCUT2D eigenvalue weighted by Gasteiger charge is 2.28. The molecule has 1 aliphatic heterocycles. The maximum Gasteiger partial charge on any atom is 0.282 e. The summed E-state index contributed by atoms with van der Waals surface area (Å²) in [6.45, 7) is 11.8. The van der Waals surface area contributed by atoms with Crippen molar-refractivity contribution in [3.05, 3.63) is 76.2 Å². The molecule has 9 heteroatoms. The summed E-state index contributed by atoms with van der Waals surface area (Å²) in [4.78, 5) is 28.3. The van der Waals surface area contributed by atoms with E-state index < -0.39 is 14.0 Å². The molecule has 0 unspecified atom stereocenters. The predicted octanol–water partition coefficient (Wildman–Crippen LogP) is 5.54. The zero-order chi connectivity index (χ0) is 28.4. The molecule has 2 aromatic heterocycles. The van der Waals surface area contributed by atoms with Crippen molar-refractivity contribution in [3.63, 3.8) is 0 Å². The fourth-order valence-corrected chi connectivity index (χ4v) is 6.12. The molecule has 40 heavy (non-hydrogen) atoms. The molecule has 2 N–H and O–H groups in total. The summed E-state index contributed by atoms with van der Waals surface area (Å²) < 4.78 is 9.96. The molecule has 210 valence electrons. The molecule has 3 heterocycles. The van der Waals surface area contributed by atoms with Gasteiger partial charge in [0.2, 0.25) is 5.91 Å². The highest BCUT2D eigenvalue weighted by atomic mass is 28.3. The number of hydrogen-bond donors (Lipinski definition) is 1. The molecule has 2 aromatic carbocycles. The second kappa shape index (κ2) is 11.4. The molecule has 8 nitrogen and oxygen atoms in total. The predicted molar refractivity (Wildman–Crippen MR) is 164 cm³/mol. The Kier molecular flexibility index (Phi) is 7.96. The number of benzene rings is 2. The number of ether oxygens (including phenoxy) is 1. The zero-order valence-corrected chi connectivity index (χ0v) is 24.9. The van der Waals surface area contributed by atoms with Gasteiger partial charge in [-0.15, -0.1) is 0 Å². The number of primary amides is 1. The van der Waals surface area contributed by atoms with E-state index in [-0.39, 0.29) is 5.56 Å². The van der Waals surface area contributed by atoms with Gasteiger partial charge in [0.1, 0.15) is 18.1 Å². The van der Waals surface area contributed by atoms with Crippen LogP contribution in [0.25, 0.3) is 28.0 Å². The number of nitrogens with zero attached hydrogens (tertiary/aromatic N) is 4. The summed E-state index contributed by atoms with van der Waals surface area (Å²) >= 11 is 0. The Morgan fingerprint density at radius 3 is 2.27 bits per heavy atom. The standard InChI is InChI=1S/C31H39N5O3Si/c1-22-26(23-13-15-25(16-14-23)29(32)37)31(38)36-30(35(22)21-39-19-20-40(2,3)4)28(34-17-9-6-10-18-34)27(33-36)24-11-7-5-8-12-24/h5,7-8,11-16H,6,9-10,17-21H2,1-4H3,(H2,32,37). The lowest BCUT2D eigenvalue weighted by Gasteiger charge is -2.30. The topological polar surface area (TPSA) is 94.9 Å². The molecule has 0 radical (unpaired) electrons. The first-order chi connectivity index (χ1) is 19.2. The fraction of sp³-hybridized carbons (Fsp3) is 0.387. The molecule has 1 saturated heterocycles. The third kappa shape index (κ3) is 5.62.